The van der Waals surface area contributed by atoms with Crippen LogP contribution in [0, 0.1) is 18.3 Å². The van der Waals surface area contributed by atoms with Crippen LogP contribution >= 0.6 is 11.6 Å². The number of halogens is 1. The molecule has 34 heavy (non-hydrogen) atoms. The molecule has 8 heteroatoms. The lowest BCUT2D eigenvalue weighted by molar-refractivity contribution is 0.185. The molecule has 0 bridgehead atoms. The maximum Gasteiger partial charge on any atom is 0.146 e. The number of fused-ring (bicyclic) bond motifs is 1. The molecule has 3 aromatic heterocycles. The number of hydrogen-bond donors (Lipinski definition) is 2. The molecule has 0 amide bonds. The van der Waals surface area contributed by atoms with Crippen molar-refractivity contribution in [2.24, 2.45) is 17.1 Å². The van der Waals surface area contributed by atoms with Crippen molar-refractivity contribution in [2.45, 2.75) is 52.1 Å². The highest BCUT2D eigenvalue weighted by Gasteiger charge is 2.46. The molecular weight excluding hydrogens is 446 g/mol. The van der Waals surface area contributed by atoms with Crippen molar-refractivity contribution in [1.82, 2.24) is 19.3 Å². The Balaban J connectivity index is 1.60. The van der Waals surface area contributed by atoms with E-state index in [0.717, 1.165) is 60.5 Å². The molecule has 1 saturated heterocycles. The number of aryl methyl sites for hydroxylation is 1. The zero-order valence-corrected chi connectivity index (χ0v) is 21.4. The van der Waals surface area contributed by atoms with Crippen molar-refractivity contribution in [3.8, 4) is 11.1 Å². The van der Waals surface area contributed by atoms with Gasteiger partial charge in [0.15, 0.2) is 0 Å². The molecule has 4 N–H and O–H groups in total. The second kappa shape index (κ2) is 8.70. The summed E-state index contributed by atoms with van der Waals surface area (Å²) in [5.74, 6) is 2.15. The Morgan fingerprint density at radius 1 is 1.21 bits per heavy atom. The molecule has 2 atom stereocenters. The zero-order chi connectivity index (χ0) is 24.2. The second-order valence-corrected chi connectivity index (χ2v) is 11.0. The van der Waals surface area contributed by atoms with Gasteiger partial charge in [0.1, 0.15) is 17.3 Å². The van der Waals surface area contributed by atoms with Gasteiger partial charge in [0.05, 0.1) is 16.9 Å². The Hall–Kier alpha value is -2.35. The van der Waals surface area contributed by atoms with Crippen LogP contribution in [0.25, 0.3) is 16.8 Å². The van der Waals surface area contributed by atoms with Crippen LogP contribution in [0.1, 0.15) is 43.9 Å². The van der Waals surface area contributed by atoms with E-state index >= 15 is 0 Å². The van der Waals surface area contributed by atoms with Gasteiger partial charge < -0.3 is 21.3 Å². The fraction of sp³-hybridized carbons (Fsp3) is 0.538. The molecule has 2 fully saturated rings. The fourth-order valence-electron chi connectivity index (χ4n) is 6.21. The molecule has 1 unspecified atom stereocenters. The fourth-order valence-corrected chi connectivity index (χ4v) is 6.42. The molecular formula is C26H36ClN7. The van der Waals surface area contributed by atoms with E-state index in [1.165, 1.54) is 18.7 Å². The first-order valence-electron chi connectivity index (χ1n) is 12.3. The summed E-state index contributed by atoms with van der Waals surface area (Å²) in [7, 11) is 4.17. The van der Waals surface area contributed by atoms with Crippen molar-refractivity contribution < 1.29 is 0 Å². The van der Waals surface area contributed by atoms with Crippen molar-refractivity contribution in [2.75, 3.05) is 37.8 Å². The smallest absolute Gasteiger partial charge is 0.146 e. The van der Waals surface area contributed by atoms with Gasteiger partial charge in [-0.1, -0.05) is 18.5 Å². The number of rotatable bonds is 4. The molecule has 3 aromatic rings. The van der Waals surface area contributed by atoms with Crippen molar-refractivity contribution in [3.63, 3.8) is 0 Å². The molecule has 1 aliphatic heterocycles. The van der Waals surface area contributed by atoms with E-state index in [2.05, 4.69) is 53.2 Å². The van der Waals surface area contributed by atoms with E-state index in [9.17, 15) is 0 Å². The summed E-state index contributed by atoms with van der Waals surface area (Å²) in [6.45, 7) is 7.26. The van der Waals surface area contributed by atoms with Gasteiger partial charge in [-0.2, -0.15) is 0 Å². The molecule has 182 valence electrons. The topological polar surface area (TPSA) is 88.7 Å². The third-order valence-corrected chi connectivity index (χ3v) is 8.59. The SMILES string of the molecule is Cc1cc(N2CCC3(CC[C@@H](C)C3N)CC2)n2c(CN(C)C)cnc2c1-c1ccnc(N)c1Cl. The van der Waals surface area contributed by atoms with E-state index < -0.39 is 0 Å². The number of hydrogen-bond acceptors (Lipinski definition) is 6. The Labute approximate surface area is 207 Å². The highest BCUT2D eigenvalue weighted by molar-refractivity contribution is 6.35. The van der Waals surface area contributed by atoms with Gasteiger partial charge in [-0.25, -0.2) is 9.97 Å². The monoisotopic (exact) mass is 481 g/mol. The summed E-state index contributed by atoms with van der Waals surface area (Å²) < 4.78 is 2.31. The van der Waals surface area contributed by atoms with E-state index in [1.807, 2.05) is 12.3 Å². The average molecular weight is 482 g/mol. The lowest BCUT2D eigenvalue weighted by atomic mass is 9.73. The highest BCUT2D eigenvalue weighted by atomic mass is 35.5. The predicted molar refractivity (Wildman–Crippen MR) is 140 cm³/mol. The minimum atomic E-state index is 0.299. The van der Waals surface area contributed by atoms with Gasteiger partial charge >= 0.3 is 0 Å². The Morgan fingerprint density at radius 2 is 1.94 bits per heavy atom. The zero-order valence-electron chi connectivity index (χ0n) is 20.7. The predicted octanol–water partition coefficient (Wildman–Crippen LogP) is 4.35. The van der Waals surface area contributed by atoms with Crippen molar-refractivity contribution in [1.29, 1.82) is 0 Å². The first-order valence-corrected chi connectivity index (χ1v) is 12.6. The number of nitrogens with zero attached hydrogens (tertiary/aromatic N) is 5. The molecule has 5 rings (SSSR count). The normalized spacial score (nSPS) is 22.4. The van der Waals surface area contributed by atoms with Gasteiger partial charge in [0.2, 0.25) is 0 Å². The minimum Gasteiger partial charge on any atom is -0.382 e. The quantitative estimate of drug-likeness (QED) is 0.576. The second-order valence-electron chi connectivity index (χ2n) is 10.7. The molecule has 7 nitrogen and oxygen atoms in total. The molecule has 2 aliphatic rings. The molecule has 0 aromatic carbocycles. The number of imidazole rings is 1. The summed E-state index contributed by atoms with van der Waals surface area (Å²) in [5.41, 5.74) is 18.1. The average Bonchev–Trinajstić information content (AvgIpc) is 3.33. The summed E-state index contributed by atoms with van der Waals surface area (Å²) in [6, 6.07) is 4.52. The standard InChI is InChI=1S/C26H36ClN7/c1-16-5-7-26(23(16)28)8-11-33(12-9-26)20-13-17(2)21(19-6-10-30-24(29)22(19)27)25-31-14-18(34(20)25)15-32(3)4/h6,10,13-14,16,23H,5,7-9,11-12,15,28H2,1-4H3,(H2,29,30)/t16-,23?/m1/s1. The number of anilines is 2. The summed E-state index contributed by atoms with van der Waals surface area (Å²) in [6.07, 6.45) is 8.50. The Bertz CT molecular complexity index is 1210. The number of pyridine rings is 2. The van der Waals surface area contributed by atoms with Gasteiger partial charge in [0, 0.05) is 43.0 Å². The first kappa shape index (κ1) is 23.4. The van der Waals surface area contributed by atoms with Crippen LogP contribution in [0.15, 0.2) is 24.5 Å². The van der Waals surface area contributed by atoms with Crippen LogP contribution in [-0.4, -0.2) is 52.5 Å². The van der Waals surface area contributed by atoms with Crippen LogP contribution in [0.2, 0.25) is 5.02 Å². The van der Waals surface area contributed by atoms with Gasteiger partial charge in [0.25, 0.3) is 0 Å². The molecule has 1 spiro atoms. The Morgan fingerprint density at radius 3 is 2.59 bits per heavy atom. The molecule has 4 heterocycles. The third-order valence-electron chi connectivity index (χ3n) is 8.19. The first-order chi connectivity index (χ1) is 16.2. The number of nitrogen functional groups attached to an aromatic ring is 1. The summed E-state index contributed by atoms with van der Waals surface area (Å²) in [4.78, 5) is 13.7. The van der Waals surface area contributed by atoms with Crippen molar-refractivity contribution in [3.05, 3.63) is 40.8 Å². The van der Waals surface area contributed by atoms with Crippen LogP contribution in [0.3, 0.4) is 0 Å². The maximum absolute atomic E-state index is 6.69. The highest BCUT2D eigenvalue weighted by Crippen LogP contribution is 2.49. The van der Waals surface area contributed by atoms with E-state index in [-0.39, 0.29) is 0 Å². The Kier molecular flexibility index (Phi) is 5.99. The lowest BCUT2D eigenvalue weighted by Gasteiger charge is -2.43. The molecule has 1 aliphatic carbocycles. The number of nitrogens with two attached hydrogens (primary N) is 2. The van der Waals surface area contributed by atoms with Crippen LogP contribution in [-0.2, 0) is 6.54 Å². The largest absolute Gasteiger partial charge is 0.382 e. The molecule has 1 saturated carbocycles. The van der Waals surface area contributed by atoms with Gasteiger partial charge in [-0.3, -0.25) is 4.40 Å². The van der Waals surface area contributed by atoms with Crippen LogP contribution in [0.5, 0.6) is 0 Å². The van der Waals surface area contributed by atoms with E-state index in [1.54, 1.807) is 6.20 Å². The van der Waals surface area contributed by atoms with Crippen LogP contribution < -0.4 is 16.4 Å². The lowest BCUT2D eigenvalue weighted by Crippen LogP contribution is -2.48. The van der Waals surface area contributed by atoms with Crippen LogP contribution in [0.4, 0.5) is 11.6 Å². The van der Waals surface area contributed by atoms with Gasteiger partial charge in [-0.05, 0) is 75.7 Å². The van der Waals surface area contributed by atoms with E-state index in [4.69, 9.17) is 28.1 Å². The summed E-state index contributed by atoms with van der Waals surface area (Å²) >= 11 is 6.62. The molecule has 0 radical (unpaired) electrons. The van der Waals surface area contributed by atoms with Crippen molar-refractivity contribution >= 4 is 28.9 Å². The van der Waals surface area contributed by atoms with E-state index in [0.29, 0.717) is 28.2 Å². The summed E-state index contributed by atoms with van der Waals surface area (Å²) in [5, 5.41) is 0.474. The van der Waals surface area contributed by atoms with Gasteiger partial charge in [-0.15, -0.1) is 0 Å². The minimum absolute atomic E-state index is 0.299. The number of aromatic nitrogens is 3. The maximum atomic E-state index is 6.69. The number of piperidine rings is 1. The third kappa shape index (κ3) is 3.74.